The monoisotopic (exact) mass is 253 g/mol. The molecule has 1 rings (SSSR count). The summed E-state index contributed by atoms with van der Waals surface area (Å²) in [5.74, 6) is 0.0357. The van der Waals surface area contributed by atoms with Crippen LogP contribution in [0.2, 0.25) is 0 Å². The zero-order chi connectivity index (χ0) is 12.9. The van der Waals surface area contributed by atoms with Crippen LogP contribution in [-0.4, -0.2) is 23.2 Å². The van der Waals surface area contributed by atoms with Crippen LogP contribution in [-0.2, 0) is 11.3 Å². The lowest BCUT2D eigenvalue weighted by atomic mass is 9.96. The molecular weight excluding hydrogens is 234 g/mol. The Morgan fingerprint density at radius 3 is 2.29 bits per heavy atom. The van der Waals surface area contributed by atoms with Crippen molar-refractivity contribution in [3.05, 3.63) is 35.9 Å². The van der Waals surface area contributed by atoms with Crippen molar-refractivity contribution < 1.29 is 4.79 Å². The van der Waals surface area contributed by atoms with Gasteiger partial charge in [-0.05, 0) is 11.0 Å². The first kappa shape index (κ1) is 14.0. The number of halogens is 1. The number of hydrogen-bond donors (Lipinski definition) is 0. The van der Waals surface area contributed by atoms with Gasteiger partial charge in [-0.1, -0.05) is 51.1 Å². The Kier molecular flexibility index (Phi) is 5.01. The van der Waals surface area contributed by atoms with Gasteiger partial charge in [-0.3, -0.25) is 4.79 Å². The van der Waals surface area contributed by atoms with Gasteiger partial charge in [0.1, 0.15) is 5.88 Å². The van der Waals surface area contributed by atoms with Crippen molar-refractivity contribution in [1.29, 1.82) is 0 Å². The lowest BCUT2D eigenvalue weighted by molar-refractivity contribution is -0.130. The topological polar surface area (TPSA) is 20.3 Å². The third-order valence-corrected chi connectivity index (χ3v) is 2.58. The molecule has 0 fully saturated rings. The van der Waals surface area contributed by atoms with E-state index in [9.17, 15) is 4.79 Å². The molecule has 0 saturated heterocycles. The molecule has 0 heterocycles. The highest BCUT2D eigenvalue weighted by Crippen LogP contribution is 2.17. The van der Waals surface area contributed by atoms with E-state index in [0.717, 1.165) is 5.56 Å². The zero-order valence-corrected chi connectivity index (χ0v) is 11.5. The Morgan fingerprint density at radius 1 is 1.24 bits per heavy atom. The fraction of sp³-hybridized carbons (Fsp3) is 0.500. The van der Waals surface area contributed by atoms with Gasteiger partial charge < -0.3 is 4.90 Å². The molecule has 1 aromatic rings. The van der Waals surface area contributed by atoms with Gasteiger partial charge in [0.05, 0.1) is 0 Å². The summed E-state index contributed by atoms with van der Waals surface area (Å²) < 4.78 is 0. The third-order valence-electron chi connectivity index (χ3n) is 2.35. The SMILES string of the molecule is CC(C)(C)CN(Cc1ccccc1)C(=O)CCl. The van der Waals surface area contributed by atoms with E-state index in [1.54, 1.807) is 0 Å². The molecule has 17 heavy (non-hydrogen) atoms. The van der Waals surface area contributed by atoms with Crippen molar-refractivity contribution in [3.63, 3.8) is 0 Å². The van der Waals surface area contributed by atoms with Gasteiger partial charge in [-0.2, -0.15) is 0 Å². The molecule has 0 aromatic heterocycles. The van der Waals surface area contributed by atoms with E-state index in [4.69, 9.17) is 11.6 Å². The number of amides is 1. The lowest BCUT2D eigenvalue weighted by Crippen LogP contribution is -2.38. The highest BCUT2D eigenvalue weighted by molar-refractivity contribution is 6.27. The van der Waals surface area contributed by atoms with Crippen LogP contribution >= 0.6 is 11.6 Å². The van der Waals surface area contributed by atoms with Crippen LogP contribution in [0.1, 0.15) is 26.3 Å². The Morgan fingerprint density at radius 2 is 1.82 bits per heavy atom. The number of carbonyl (C=O) groups excluding carboxylic acids is 1. The molecule has 94 valence electrons. The fourth-order valence-corrected chi connectivity index (χ4v) is 1.86. The maximum atomic E-state index is 11.8. The Bertz CT molecular complexity index is 356. The van der Waals surface area contributed by atoms with Crippen LogP contribution in [0, 0.1) is 5.41 Å². The second-order valence-electron chi connectivity index (χ2n) is 5.43. The minimum atomic E-state index is -0.00885. The normalized spacial score (nSPS) is 11.3. The van der Waals surface area contributed by atoms with Gasteiger partial charge in [0.15, 0.2) is 0 Å². The van der Waals surface area contributed by atoms with Crippen molar-refractivity contribution in [2.24, 2.45) is 5.41 Å². The van der Waals surface area contributed by atoms with Gasteiger partial charge in [-0.15, -0.1) is 11.6 Å². The van der Waals surface area contributed by atoms with E-state index in [1.807, 2.05) is 35.2 Å². The summed E-state index contributed by atoms with van der Waals surface area (Å²) in [5.41, 5.74) is 1.21. The van der Waals surface area contributed by atoms with Crippen molar-refractivity contribution in [2.45, 2.75) is 27.3 Å². The average molecular weight is 254 g/mol. The van der Waals surface area contributed by atoms with E-state index in [2.05, 4.69) is 20.8 Å². The Hall–Kier alpha value is -1.02. The van der Waals surface area contributed by atoms with Gasteiger partial charge in [0, 0.05) is 13.1 Å². The Labute approximate surface area is 109 Å². The summed E-state index contributed by atoms with van der Waals surface area (Å²) in [4.78, 5) is 13.6. The number of hydrogen-bond acceptors (Lipinski definition) is 1. The fourth-order valence-electron chi connectivity index (χ4n) is 1.69. The van der Waals surface area contributed by atoms with Crippen LogP contribution < -0.4 is 0 Å². The summed E-state index contributed by atoms with van der Waals surface area (Å²) in [6.07, 6.45) is 0. The first-order chi connectivity index (χ1) is 7.92. The molecule has 0 aliphatic rings. The van der Waals surface area contributed by atoms with Crippen LogP contribution in [0.25, 0.3) is 0 Å². The molecule has 0 spiro atoms. The van der Waals surface area contributed by atoms with E-state index >= 15 is 0 Å². The molecule has 0 atom stereocenters. The van der Waals surface area contributed by atoms with Gasteiger partial charge in [0.2, 0.25) is 5.91 Å². The average Bonchev–Trinajstić information content (AvgIpc) is 2.27. The number of alkyl halides is 1. The van der Waals surface area contributed by atoms with Crippen LogP contribution in [0.3, 0.4) is 0 Å². The maximum absolute atomic E-state index is 11.8. The summed E-state index contributed by atoms with van der Waals surface area (Å²) >= 11 is 5.65. The molecular formula is C14H20ClNO. The zero-order valence-electron chi connectivity index (χ0n) is 10.7. The largest absolute Gasteiger partial charge is 0.337 e. The number of carbonyl (C=O) groups is 1. The quantitative estimate of drug-likeness (QED) is 0.754. The molecule has 2 nitrogen and oxygen atoms in total. The van der Waals surface area contributed by atoms with E-state index < -0.39 is 0 Å². The van der Waals surface area contributed by atoms with Crippen LogP contribution in [0.4, 0.5) is 0 Å². The molecule has 0 bridgehead atoms. The predicted octanol–water partition coefficient (Wildman–Crippen LogP) is 3.30. The van der Waals surface area contributed by atoms with Gasteiger partial charge in [-0.25, -0.2) is 0 Å². The molecule has 0 saturated carbocycles. The standard InChI is InChI=1S/C14H20ClNO/c1-14(2,3)11-16(13(17)9-15)10-12-7-5-4-6-8-12/h4-8H,9-11H2,1-3H3. The lowest BCUT2D eigenvalue weighted by Gasteiger charge is -2.29. The molecule has 0 unspecified atom stereocenters. The molecule has 0 aliphatic carbocycles. The summed E-state index contributed by atoms with van der Waals surface area (Å²) in [5, 5.41) is 0. The first-order valence-electron chi connectivity index (χ1n) is 5.80. The number of nitrogens with zero attached hydrogens (tertiary/aromatic N) is 1. The van der Waals surface area contributed by atoms with Crippen LogP contribution in [0.15, 0.2) is 30.3 Å². The maximum Gasteiger partial charge on any atom is 0.237 e. The Balaban J connectivity index is 2.74. The van der Waals surface area contributed by atoms with E-state index in [0.29, 0.717) is 13.1 Å². The van der Waals surface area contributed by atoms with Crippen LogP contribution in [0.5, 0.6) is 0 Å². The second-order valence-corrected chi connectivity index (χ2v) is 5.70. The smallest absolute Gasteiger partial charge is 0.237 e. The van der Waals surface area contributed by atoms with Gasteiger partial charge >= 0.3 is 0 Å². The predicted molar refractivity (Wildman–Crippen MR) is 72.0 cm³/mol. The summed E-state index contributed by atoms with van der Waals surface area (Å²) in [6, 6.07) is 9.99. The minimum absolute atomic E-state index is 0.00885. The van der Waals surface area contributed by atoms with Gasteiger partial charge in [0.25, 0.3) is 0 Å². The third kappa shape index (κ3) is 5.22. The highest BCUT2D eigenvalue weighted by Gasteiger charge is 2.20. The number of rotatable bonds is 4. The van der Waals surface area contributed by atoms with Crippen molar-refractivity contribution in [1.82, 2.24) is 4.90 Å². The van der Waals surface area contributed by atoms with Crippen molar-refractivity contribution in [2.75, 3.05) is 12.4 Å². The molecule has 3 heteroatoms. The second kappa shape index (κ2) is 6.06. The first-order valence-corrected chi connectivity index (χ1v) is 6.33. The molecule has 0 radical (unpaired) electrons. The van der Waals surface area contributed by atoms with Crippen molar-refractivity contribution >= 4 is 17.5 Å². The van der Waals surface area contributed by atoms with E-state index in [1.165, 1.54) is 0 Å². The van der Waals surface area contributed by atoms with Crippen molar-refractivity contribution in [3.8, 4) is 0 Å². The molecule has 1 amide bonds. The van der Waals surface area contributed by atoms with E-state index in [-0.39, 0.29) is 17.2 Å². The molecule has 0 N–H and O–H groups in total. The number of benzene rings is 1. The summed E-state index contributed by atoms with van der Waals surface area (Å²) in [7, 11) is 0. The highest BCUT2D eigenvalue weighted by atomic mass is 35.5. The molecule has 0 aliphatic heterocycles. The summed E-state index contributed by atoms with van der Waals surface area (Å²) in [6.45, 7) is 7.70. The minimum Gasteiger partial charge on any atom is -0.337 e. The molecule has 1 aromatic carbocycles.